The van der Waals surface area contributed by atoms with E-state index in [1.54, 1.807) is 19.1 Å². The van der Waals surface area contributed by atoms with Gasteiger partial charge in [-0.3, -0.25) is 14.2 Å². The molecule has 2 aromatic heterocycles. The Morgan fingerprint density at radius 3 is 2.55 bits per heavy atom. The van der Waals surface area contributed by atoms with Gasteiger partial charge in [-0.2, -0.15) is 0 Å². The summed E-state index contributed by atoms with van der Waals surface area (Å²) in [6.45, 7) is 1.74. The maximum atomic E-state index is 11.9. The molecule has 0 aromatic carbocycles. The summed E-state index contributed by atoms with van der Waals surface area (Å²) < 4.78 is 7.46. The first kappa shape index (κ1) is 13.8. The van der Waals surface area contributed by atoms with Gasteiger partial charge in [-0.15, -0.1) is 0 Å². The van der Waals surface area contributed by atoms with E-state index in [0.717, 1.165) is 4.57 Å². The van der Waals surface area contributed by atoms with E-state index in [4.69, 9.17) is 4.42 Å². The molecule has 20 heavy (non-hydrogen) atoms. The molecule has 0 amide bonds. The van der Waals surface area contributed by atoms with Gasteiger partial charge in [0.25, 0.3) is 5.56 Å². The summed E-state index contributed by atoms with van der Waals surface area (Å²) in [5.41, 5.74) is -0.612. The van der Waals surface area contributed by atoms with Gasteiger partial charge in [0.15, 0.2) is 5.76 Å². The van der Waals surface area contributed by atoms with Crippen molar-refractivity contribution >= 4 is 11.9 Å². The van der Waals surface area contributed by atoms with E-state index in [9.17, 15) is 14.4 Å². The fourth-order valence-electron chi connectivity index (χ4n) is 1.77. The Bertz CT molecular complexity index is 805. The van der Waals surface area contributed by atoms with Gasteiger partial charge in [0.2, 0.25) is 5.78 Å². The van der Waals surface area contributed by atoms with Crippen molar-refractivity contribution in [3.8, 4) is 0 Å². The second-order valence-electron chi connectivity index (χ2n) is 4.45. The number of hydrogen-bond donors (Lipinski definition) is 0. The van der Waals surface area contributed by atoms with Crippen LogP contribution in [0.25, 0.3) is 6.08 Å². The van der Waals surface area contributed by atoms with Crippen LogP contribution in [0, 0.1) is 6.92 Å². The minimum absolute atomic E-state index is 0.209. The van der Waals surface area contributed by atoms with Crippen molar-refractivity contribution in [2.24, 2.45) is 14.1 Å². The van der Waals surface area contributed by atoms with Crippen LogP contribution in [0.1, 0.15) is 21.9 Å². The molecule has 0 aliphatic rings. The molecule has 0 aliphatic heterocycles. The van der Waals surface area contributed by atoms with Crippen molar-refractivity contribution in [3.63, 3.8) is 0 Å². The molecule has 0 spiro atoms. The van der Waals surface area contributed by atoms with Crippen molar-refractivity contribution in [1.82, 2.24) is 9.13 Å². The van der Waals surface area contributed by atoms with Gasteiger partial charge >= 0.3 is 5.69 Å². The molecule has 0 saturated carbocycles. The molecule has 0 aliphatic carbocycles. The zero-order chi connectivity index (χ0) is 14.9. The highest BCUT2D eigenvalue weighted by atomic mass is 16.3. The number of nitrogens with zero attached hydrogens (tertiary/aromatic N) is 2. The minimum Gasteiger partial charge on any atom is -0.458 e. The Morgan fingerprint density at radius 2 is 1.95 bits per heavy atom. The number of ketones is 1. The molecule has 2 heterocycles. The van der Waals surface area contributed by atoms with E-state index in [1.807, 2.05) is 0 Å². The van der Waals surface area contributed by atoms with Gasteiger partial charge in [0.05, 0.1) is 5.56 Å². The summed E-state index contributed by atoms with van der Waals surface area (Å²) in [7, 11) is 2.93. The maximum absolute atomic E-state index is 11.9. The van der Waals surface area contributed by atoms with Crippen molar-refractivity contribution < 1.29 is 9.21 Å². The zero-order valence-electron chi connectivity index (χ0n) is 11.4. The van der Waals surface area contributed by atoms with Gasteiger partial charge in [-0.05, 0) is 31.2 Å². The number of aryl methyl sites for hydroxylation is 2. The number of aromatic nitrogens is 2. The van der Waals surface area contributed by atoms with Crippen molar-refractivity contribution in [1.29, 1.82) is 0 Å². The molecule has 0 atom stereocenters. The third-order valence-corrected chi connectivity index (χ3v) is 2.87. The average Bonchev–Trinajstić information content (AvgIpc) is 2.85. The molecule has 0 bridgehead atoms. The Morgan fingerprint density at radius 1 is 1.25 bits per heavy atom. The molecule has 2 aromatic rings. The highest BCUT2D eigenvalue weighted by Gasteiger charge is 2.08. The van der Waals surface area contributed by atoms with Crippen molar-refractivity contribution in [3.05, 3.63) is 62.3 Å². The maximum Gasteiger partial charge on any atom is 0.330 e. The molecular formula is C14H14N2O4. The lowest BCUT2D eigenvalue weighted by Crippen LogP contribution is -2.37. The topological polar surface area (TPSA) is 74.2 Å². The number of carbonyl (C=O) groups excluding carboxylic acids is 1. The van der Waals surface area contributed by atoms with Crippen LogP contribution in [0.2, 0.25) is 0 Å². The van der Waals surface area contributed by atoms with Gasteiger partial charge < -0.3 is 8.98 Å². The highest BCUT2D eigenvalue weighted by molar-refractivity contribution is 6.04. The Labute approximate surface area is 114 Å². The molecule has 0 radical (unpaired) electrons. The SMILES string of the molecule is Cc1ccc(C(=O)/C=C/c2cn(C)c(=O)n(C)c2=O)o1. The monoisotopic (exact) mass is 274 g/mol. The van der Waals surface area contributed by atoms with Crippen molar-refractivity contribution in [2.75, 3.05) is 0 Å². The molecule has 0 saturated heterocycles. The predicted molar refractivity (Wildman–Crippen MR) is 73.7 cm³/mol. The summed E-state index contributed by atoms with van der Waals surface area (Å²) in [6.07, 6.45) is 4.02. The van der Waals surface area contributed by atoms with Gasteiger partial charge in [0, 0.05) is 20.3 Å². The summed E-state index contributed by atoms with van der Waals surface area (Å²) in [5, 5.41) is 0. The van der Waals surface area contributed by atoms with E-state index >= 15 is 0 Å². The second kappa shape index (κ2) is 5.16. The number of allylic oxidation sites excluding steroid dienone is 1. The first-order chi connectivity index (χ1) is 9.40. The van der Waals surface area contributed by atoms with Crippen LogP contribution in [-0.2, 0) is 14.1 Å². The van der Waals surface area contributed by atoms with E-state index in [1.165, 1.54) is 37.0 Å². The van der Waals surface area contributed by atoms with E-state index in [2.05, 4.69) is 0 Å². The lowest BCUT2D eigenvalue weighted by atomic mass is 10.2. The first-order valence-electron chi connectivity index (χ1n) is 5.95. The lowest BCUT2D eigenvalue weighted by molar-refractivity contribution is 0.102. The molecular weight excluding hydrogens is 260 g/mol. The van der Waals surface area contributed by atoms with Gasteiger partial charge in [-0.1, -0.05) is 0 Å². The third kappa shape index (κ3) is 2.54. The molecule has 0 unspecified atom stereocenters. The van der Waals surface area contributed by atoms with Crippen molar-refractivity contribution in [2.45, 2.75) is 6.92 Å². The van der Waals surface area contributed by atoms with Crippen LogP contribution < -0.4 is 11.2 Å². The molecule has 2 rings (SSSR count). The van der Waals surface area contributed by atoms with Crippen LogP contribution in [0.3, 0.4) is 0 Å². The number of hydrogen-bond acceptors (Lipinski definition) is 4. The lowest BCUT2D eigenvalue weighted by Gasteiger charge is -2.02. The zero-order valence-corrected chi connectivity index (χ0v) is 11.4. The van der Waals surface area contributed by atoms with Crippen LogP contribution in [0.4, 0.5) is 0 Å². The average molecular weight is 274 g/mol. The van der Waals surface area contributed by atoms with E-state index < -0.39 is 11.2 Å². The smallest absolute Gasteiger partial charge is 0.330 e. The molecule has 6 nitrogen and oxygen atoms in total. The summed E-state index contributed by atoms with van der Waals surface area (Å²) >= 11 is 0. The number of furan rings is 1. The summed E-state index contributed by atoms with van der Waals surface area (Å²) in [5.74, 6) is 0.508. The number of carbonyl (C=O) groups is 1. The van der Waals surface area contributed by atoms with E-state index in [0.29, 0.717) is 5.76 Å². The Hall–Kier alpha value is -2.63. The minimum atomic E-state index is -0.451. The molecule has 0 N–H and O–H groups in total. The standard InChI is InChI=1S/C14H14N2O4/c1-9-4-7-12(20-9)11(17)6-5-10-8-15(2)14(19)16(3)13(10)18/h4-8H,1-3H3/b6-5+. The molecule has 6 heteroatoms. The Kier molecular flexibility index (Phi) is 3.56. The normalized spacial score (nSPS) is 11.2. The van der Waals surface area contributed by atoms with Gasteiger partial charge in [-0.25, -0.2) is 4.79 Å². The Balaban J connectivity index is 2.35. The first-order valence-corrected chi connectivity index (χ1v) is 5.95. The quantitative estimate of drug-likeness (QED) is 0.615. The van der Waals surface area contributed by atoms with Crippen LogP contribution >= 0.6 is 0 Å². The fraction of sp³-hybridized carbons (Fsp3) is 0.214. The summed E-state index contributed by atoms with van der Waals surface area (Å²) in [4.78, 5) is 35.2. The second-order valence-corrected chi connectivity index (χ2v) is 4.45. The van der Waals surface area contributed by atoms with Gasteiger partial charge in [0.1, 0.15) is 5.76 Å². The number of rotatable bonds is 3. The third-order valence-electron chi connectivity index (χ3n) is 2.87. The fourth-order valence-corrected chi connectivity index (χ4v) is 1.77. The van der Waals surface area contributed by atoms with Crippen LogP contribution in [0.15, 0.2) is 38.4 Å². The van der Waals surface area contributed by atoms with E-state index in [-0.39, 0.29) is 17.1 Å². The van der Waals surface area contributed by atoms with Crippen LogP contribution in [-0.4, -0.2) is 14.9 Å². The summed E-state index contributed by atoms with van der Waals surface area (Å²) in [6, 6.07) is 3.26. The van der Waals surface area contributed by atoms with Crippen LogP contribution in [0.5, 0.6) is 0 Å². The molecule has 0 fully saturated rings. The highest BCUT2D eigenvalue weighted by Crippen LogP contribution is 2.08. The predicted octanol–water partition coefficient (Wildman–Crippen LogP) is 0.882. The molecule has 104 valence electrons. The largest absolute Gasteiger partial charge is 0.458 e.